The molecule has 13 heavy (non-hydrogen) atoms. The van der Waals surface area contributed by atoms with Crippen molar-refractivity contribution in [2.45, 2.75) is 19.8 Å². The summed E-state index contributed by atoms with van der Waals surface area (Å²) in [6, 6.07) is 0. The zero-order chi connectivity index (χ0) is 11.4. The van der Waals surface area contributed by atoms with Crippen LogP contribution in [0.4, 0.5) is 0 Å². The van der Waals surface area contributed by atoms with Crippen LogP contribution >= 0.6 is 0 Å². The largest absolute Gasteiger partial charge is 0.545 e. The normalized spacial score (nSPS) is 3.54. The maximum atomic E-state index is 7.75. The van der Waals surface area contributed by atoms with Gasteiger partial charge in [-0.2, -0.15) is 6.42 Å². The van der Waals surface area contributed by atoms with Crippen LogP contribution in [0.25, 0.3) is 0 Å². The second kappa shape index (κ2) is 633. The first-order chi connectivity index (χ1) is 5.91. The van der Waals surface area contributed by atoms with Gasteiger partial charge in [0.25, 0.3) is 0 Å². The fourth-order valence-electron chi connectivity index (χ4n) is 0. The molecule has 0 radical (unpaired) electrons. The smallest absolute Gasteiger partial charge is 0 e. The molecule has 5 heteroatoms. The Balaban J connectivity index is -0.0000000122. The van der Waals surface area contributed by atoms with Gasteiger partial charge in [0.1, 0.15) is 0 Å². The maximum absolute atomic E-state index is 7.75. The van der Waals surface area contributed by atoms with Crippen molar-refractivity contribution in [3.05, 3.63) is 6.92 Å². The molecule has 0 spiro atoms. The Morgan fingerprint density at radius 1 is 0.846 bits per heavy atom. The second-order valence-electron chi connectivity index (χ2n) is 0.854. The standard InChI is InChI=1S/C4H9.4CHO.Ti/c1-3-4-2;4*1-2;/h1,3-4H2,2H3;4*1H;/q5*-1;. The van der Waals surface area contributed by atoms with Crippen LogP contribution in [0.3, 0.4) is 0 Å². The Kier molecular flexibility index (Phi) is 1920. The molecule has 0 amide bonds. The average molecular weight is 221 g/mol. The van der Waals surface area contributed by atoms with Crippen LogP contribution in [0.2, 0.25) is 0 Å². The van der Waals surface area contributed by atoms with Crippen molar-refractivity contribution in [1.82, 2.24) is 0 Å². The van der Waals surface area contributed by atoms with Crippen LogP contribution in [-0.2, 0) is 40.9 Å². The third-order valence-electron chi connectivity index (χ3n) is 0.354. The van der Waals surface area contributed by atoms with Gasteiger partial charge in [-0.1, -0.05) is 13.3 Å². The van der Waals surface area contributed by atoms with Crippen molar-refractivity contribution in [2.24, 2.45) is 0 Å². The number of hydrogen-bond acceptors (Lipinski definition) is 4. The van der Waals surface area contributed by atoms with E-state index in [1.807, 2.05) is 0 Å². The second-order valence-corrected chi connectivity index (χ2v) is 0.854. The molecule has 0 saturated heterocycles. The Morgan fingerprint density at radius 3 is 0.923 bits per heavy atom. The topological polar surface area (TPSA) is 68.3 Å². The predicted molar refractivity (Wildman–Crippen MR) is 47.3 cm³/mol. The van der Waals surface area contributed by atoms with Crippen molar-refractivity contribution in [2.75, 3.05) is 0 Å². The molecule has 0 N–H and O–H groups in total. The Bertz CT molecular complexity index is 37.1. The van der Waals surface area contributed by atoms with Crippen LogP contribution in [0.5, 0.6) is 0 Å². The summed E-state index contributed by atoms with van der Waals surface area (Å²) in [5.74, 6) is 0. The van der Waals surface area contributed by atoms with Crippen LogP contribution < -0.4 is 0 Å². The number of carbonyl (C=O) groups excluding carboxylic acids is 4. The van der Waals surface area contributed by atoms with E-state index in [2.05, 4.69) is 41.0 Å². The summed E-state index contributed by atoms with van der Waals surface area (Å²) >= 11 is 0. The number of hydrogen-bond donors (Lipinski definition) is 0. The molecule has 4 nitrogen and oxygen atoms in total. The van der Waals surface area contributed by atoms with E-state index in [9.17, 15) is 0 Å². The van der Waals surface area contributed by atoms with Crippen LogP contribution in [0, 0.1) is 6.92 Å². The monoisotopic (exact) mass is 221 g/mol. The van der Waals surface area contributed by atoms with E-state index in [1.165, 1.54) is 6.42 Å². The summed E-state index contributed by atoms with van der Waals surface area (Å²) in [7, 11) is 0. The van der Waals surface area contributed by atoms with Crippen molar-refractivity contribution >= 4 is 27.2 Å². The summed E-state index contributed by atoms with van der Waals surface area (Å²) in [4.78, 5) is 31.0. The van der Waals surface area contributed by atoms with Crippen molar-refractivity contribution < 1.29 is 40.9 Å². The van der Waals surface area contributed by atoms with Gasteiger partial charge in [0, 0.05) is 21.7 Å². The Hall–Kier alpha value is -0.606. The fraction of sp³-hybridized carbons (Fsp3) is 0.375. The van der Waals surface area contributed by atoms with E-state index in [0.29, 0.717) is 0 Å². The molecule has 0 aliphatic carbocycles. The minimum Gasteiger partial charge on any atom is -0.545 e. The minimum absolute atomic E-state index is 0. The van der Waals surface area contributed by atoms with E-state index in [4.69, 9.17) is 19.2 Å². The predicted octanol–water partition coefficient (Wildman–Crippen LogP) is 0.522. The van der Waals surface area contributed by atoms with Gasteiger partial charge in [0.15, 0.2) is 0 Å². The molecular formula is C8H13O4Ti-5. The molecule has 0 fully saturated rings. The first kappa shape index (κ1) is 39.4. The van der Waals surface area contributed by atoms with Crippen molar-refractivity contribution in [1.29, 1.82) is 0 Å². The first-order valence-corrected chi connectivity index (χ1v) is 2.65. The zero-order valence-corrected chi connectivity index (χ0v) is 9.13. The summed E-state index contributed by atoms with van der Waals surface area (Å²) in [6.07, 6.45) is 2.28. The van der Waals surface area contributed by atoms with E-state index in [-0.39, 0.29) is 21.7 Å². The Morgan fingerprint density at radius 2 is 0.923 bits per heavy atom. The van der Waals surface area contributed by atoms with Crippen LogP contribution in [0.1, 0.15) is 19.8 Å². The quantitative estimate of drug-likeness (QED) is 0.367. The van der Waals surface area contributed by atoms with Gasteiger partial charge in [-0.05, 0) is 0 Å². The van der Waals surface area contributed by atoms with E-state index in [1.54, 1.807) is 0 Å². The molecule has 0 aliphatic heterocycles. The van der Waals surface area contributed by atoms with Gasteiger partial charge in [0.05, 0.1) is 0 Å². The number of unbranched alkanes of at least 4 members (excludes halogenated alkanes) is 1. The summed E-state index contributed by atoms with van der Waals surface area (Å²) in [6.45, 7) is 18.7. The van der Waals surface area contributed by atoms with Gasteiger partial charge >= 0.3 is 0 Å². The molecule has 0 saturated carbocycles. The van der Waals surface area contributed by atoms with Gasteiger partial charge in [-0.15, -0.1) is 0 Å². The SMILES string of the molecule is [CH-]=O.[CH-]=O.[CH-]=O.[CH-]=O.[CH2-]CCC.[Ti]. The van der Waals surface area contributed by atoms with E-state index < -0.39 is 0 Å². The van der Waals surface area contributed by atoms with E-state index >= 15 is 0 Å². The summed E-state index contributed by atoms with van der Waals surface area (Å²) < 4.78 is 0. The minimum atomic E-state index is 0. The molecule has 0 bridgehead atoms. The van der Waals surface area contributed by atoms with Crippen LogP contribution in [0.15, 0.2) is 0 Å². The molecule has 0 aliphatic rings. The van der Waals surface area contributed by atoms with Crippen molar-refractivity contribution in [3.63, 3.8) is 0 Å². The third kappa shape index (κ3) is 6470. The molecule has 0 aromatic carbocycles. The van der Waals surface area contributed by atoms with Crippen molar-refractivity contribution in [3.8, 4) is 0 Å². The molecule has 0 heterocycles. The molecule has 0 unspecified atom stereocenters. The molecule has 0 rings (SSSR count). The summed E-state index contributed by atoms with van der Waals surface area (Å²) in [5.41, 5.74) is 0. The fourth-order valence-corrected chi connectivity index (χ4v) is 0. The molecule has 0 atom stereocenters. The summed E-state index contributed by atoms with van der Waals surface area (Å²) in [5, 5.41) is 0. The Labute approximate surface area is 95.0 Å². The first-order valence-electron chi connectivity index (χ1n) is 2.65. The van der Waals surface area contributed by atoms with Gasteiger partial charge in [0.2, 0.25) is 0 Å². The third-order valence-corrected chi connectivity index (χ3v) is 0.354. The molecular weight excluding hydrogens is 208 g/mol. The number of rotatable bonds is 1. The van der Waals surface area contributed by atoms with Gasteiger partial charge in [-0.3, -0.25) is 27.2 Å². The average Bonchev–Trinajstić information content (AvgIpc) is 2.29. The van der Waals surface area contributed by atoms with Gasteiger partial charge in [-0.25, -0.2) is 0 Å². The molecule has 0 aromatic heterocycles. The molecule has 0 aromatic rings. The molecule has 78 valence electrons. The maximum Gasteiger partial charge on any atom is 0 e. The van der Waals surface area contributed by atoms with Crippen LogP contribution in [-0.4, -0.2) is 27.2 Å². The van der Waals surface area contributed by atoms with Gasteiger partial charge < -0.3 is 26.1 Å². The zero-order valence-electron chi connectivity index (χ0n) is 7.56. The van der Waals surface area contributed by atoms with E-state index in [0.717, 1.165) is 6.42 Å².